The van der Waals surface area contributed by atoms with Gasteiger partial charge < -0.3 is 29.9 Å². The van der Waals surface area contributed by atoms with Gasteiger partial charge in [0.2, 0.25) is 11.8 Å². The fourth-order valence-electron chi connectivity index (χ4n) is 10.5. The summed E-state index contributed by atoms with van der Waals surface area (Å²) in [6.45, 7) is 7.22. The standard InChI is InChI=1S/C47H57F2N7O6/c1-24(2)42(52-46(59)61-6)44(57)55-22-30(48)18-38(55)34-16-28(20-50-34)26-8-10-27(11-9-26)32-12-13-33(41-37-15-14-36(40(32)41)54(37)5)29-17-35(51-21-29)39-19-31(49)23-56(39)45(58)43(25(3)4)53-47(60)62-7/h8-13,20-21,24-25,30-31,36-39,42-43H,14-19,22-23H2,1-7H3,(H,52,59)(H,53,60)/t30-,31-,36?,37?,38+,39+,42+,43+/m1/s1. The van der Waals surface area contributed by atoms with Crippen molar-refractivity contribution < 1.29 is 37.4 Å². The van der Waals surface area contributed by atoms with Gasteiger partial charge in [-0.1, -0.05) is 64.1 Å². The number of hydrogen-bond acceptors (Lipinski definition) is 9. The number of methoxy groups -OCH3 is 2. The van der Waals surface area contributed by atoms with Crippen LogP contribution in [0.25, 0.3) is 22.3 Å². The molecule has 4 amide bonds. The third-order valence-corrected chi connectivity index (χ3v) is 13.7. The van der Waals surface area contributed by atoms with E-state index in [9.17, 15) is 23.6 Å². The highest BCUT2D eigenvalue weighted by atomic mass is 19.1. The predicted octanol–water partition coefficient (Wildman–Crippen LogP) is 7.19. The van der Waals surface area contributed by atoms with Crippen molar-refractivity contribution in [1.82, 2.24) is 25.3 Å². The second-order valence-electron chi connectivity index (χ2n) is 18.1. The van der Waals surface area contributed by atoms with Crippen LogP contribution < -0.4 is 10.6 Å². The number of nitrogens with one attached hydrogen (secondary N) is 2. The van der Waals surface area contributed by atoms with E-state index in [1.54, 1.807) is 4.90 Å². The van der Waals surface area contributed by atoms with Crippen molar-refractivity contribution >= 4 is 46.6 Å². The molecule has 330 valence electrons. The molecule has 6 heterocycles. The van der Waals surface area contributed by atoms with Crippen molar-refractivity contribution in [3.63, 3.8) is 0 Å². The van der Waals surface area contributed by atoms with E-state index in [1.807, 2.05) is 40.1 Å². The number of alkyl halides is 2. The monoisotopic (exact) mass is 853 g/mol. The molecule has 0 aromatic heterocycles. The van der Waals surface area contributed by atoms with E-state index in [2.05, 4.69) is 59.0 Å². The number of likely N-dealkylation sites (tertiary alicyclic amines) is 2. The third-order valence-electron chi connectivity index (χ3n) is 13.7. The molecule has 2 aromatic carbocycles. The van der Waals surface area contributed by atoms with Crippen molar-refractivity contribution in [2.75, 3.05) is 34.4 Å². The Morgan fingerprint density at radius 2 is 1.08 bits per heavy atom. The van der Waals surface area contributed by atoms with Gasteiger partial charge in [-0.15, -0.1) is 0 Å². The summed E-state index contributed by atoms with van der Waals surface area (Å²) in [5.74, 6) is -1.14. The molecular formula is C47H57F2N7O6. The number of allylic oxidation sites excluding steroid dienone is 2. The smallest absolute Gasteiger partial charge is 0.407 e. The lowest BCUT2D eigenvalue weighted by Crippen LogP contribution is -2.53. The lowest BCUT2D eigenvalue weighted by atomic mass is 9.80. The van der Waals surface area contributed by atoms with Crippen LogP contribution in [0.1, 0.15) is 101 Å². The van der Waals surface area contributed by atoms with Crippen molar-refractivity contribution in [2.24, 2.45) is 21.8 Å². The van der Waals surface area contributed by atoms with Crippen LogP contribution in [-0.4, -0.2) is 121 Å². The van der Waals surface area contributed by atoms with Crippen molar-refractivity contribution in [3.05, 3.63) is 71.1 Å². The van der Waals surface area contributed by atoms with Gasteiger partial charge in [0.15, 0.2) is 0 Å². The number of ether oxygens (including phenoxy) is 2. The number of aliphatic imine (C=N–C) groups is 2. The van der Waals surface area contributed by atoms with Gasteiger partial charge in [-0.05, 0) is 76.3 Å². The van der Waals surface area contributed by atoms with Gasteiger partial charge in [0.05, 0.1) is 39.4 Å². The first kappa shape index (κ1) is 43.2. The summed E-state index contributed by atoms with van der Waals surface area (Å²) in [4.78, 5) is 66.7. The first-order chi connectivity index (χ1) is 29.7. The SMILES string of the molecule is COC(=O)N[C@H](C(=O)N1C[C@H](F)C[C@H]1C1=NC=C(c2ccc(-c3ccc(C4=CN=C([C@@H]5C[C@@H](F)CN5C(=O)[C@@H](NC(=O)OC)C(C)C)C4)c4c3C3CCC4N3C)cc2)C1)C(C)C. The van der Waals surface area contributed by atoms with E-state index in [1.165, 1.54) is 35.8 Å². The third kappa shape index (κ3) is 7.92. The molecule has 2 N–H and O–H groups in total. The zero-order chi connectivity index (χ0) is 44.1. The van der Waals surface area contributed by atoms with Gasteiger partial charge in [0.1, 0.15) is 24.4 Å². The highest BCUT2D eigenvalue weighted by Crippen LogP contribution is 2.57. The van der Waals surface area contributed by atoms with Crippen molar-refractivity contribution in [2.45, 2.75) is 115 Å². The highest BCUT2D eigenvalue weighted by Gasteiger charge is 2.47. The molecule has 62 heavy (non-hydrogen) atoms. The Labute approximate surface area is 361 Å². The van der Waals surface area contributed by atoms with E-state index < -0.39 is 48.7 Å². The van der Waals surface area contributed by atoms with Crippen LogP contribution in [0.4, 0.5) is 18.4 Å². The Morgan fingerprint density at radius 3 is 1.56 bits per heavy atom. The quantitative estimate of drug-likeness (QED) is 0.244. The Balaban J connectivity index is 0.980. The topological polar surface area (TPSA) is 145 Å². The molecule has 0 aliphatic carbocycles. The van der Waals surface area contributed by atoms with Crippen LogP contribution in [0.2, 0.25) is 0 Å². The molecule has 13 nitrogen and oxygen atoms in total. The maximum absolute atomic E-state index is 15.1. The molecule has 8 rings (SSSR count). The minimum Gasteiger partial charge on any atom is -0.453 e. The first-order valence-electron chi connectivity index (χ1n) is 21.8. The number of halogens is 2. The summed E-state index contributed by atoms with van der Waals surface area (Å²) in [6.07, 6.45) is 3.29. The van der Waals surface area contributed by atoms with Crippen LogP contribution in [0.3, 0.4) is 0 Å². The molecule has 3 saturated heterocycles. The van der Waals surface area contributed by atoms with Gasteiger partial charge in [0.25, 0.3) is 0 Å². The molecule has 2 unspecified atom stereocenters. The Bertz CT molecular complexity index is 2260. The summed E-state index contributed by atoms with van der Waals surface area (Å²) in [6, 6.07) is 10.6. The number of carbonyl (C=O) groups is 4. The van der Waals surface area contributed by atoms with Gasteiger partial charge in [-0.3, -0.25) is 24.5 Å². The highest BCUT2D eigenvalue weighted by molar-refractivity contribution is 6.05. The average molecular weight is 854 g/mol. The fourth-order valence-corrected chi connectivity index (χ4v) is 10.5. The van der Waals surface area contributed by atoms with Crippen LogP contribution in [0, 0.1) is 11.8 Å². The number of carbonyl (C=O) groups excluding carboxylic acids is 4. The van der Waals surface area contributed by atoms with Gasteiger partial charge >= 0.3 is 12.2 Å². The molecule has 0 radical (unpaired) electrons. The summed E-state index contributed by atoms with van der Waals surface area (Å²) >= 11 is 0. The van der Waals surface area contributed by atoms with E-state index in [4.69, 9.17) is 19.5 Å². The van der Waals surface area contributed by atoms with Gasteiger partial charge in [-0.2, -0.15) is 0 Å². The second kappa shape index (κ2) is 17.4. The van der Waals surface area contributed by atoms with E-state index >= 15 is 4.39 Å². The number of rotatable bonds is 11. The molecule has 2 bridgehead atoms. The molecule has 0 spiro atoms. The predicted molar refractivity (Wildman–Crippen MR) is 233 cm³/mol. The van der Waals surface area contributed by atoms with Crippen LogP contribution >= 0.6 is 0 Å². The number of hydrogen-bond donors (Lipinski definition) is 2. The average Bonchev–Trinajstić information content (AvgIpc) is 4.13. The minimum atomic E-state index is -1.20. The normalized spacial score (nSPS) is 26.3. The molecule has 6 aliphatic rings. The van der Waals surface area contributed by atoms with Crippen LogP contribution in [0.15, 0.2) is 58.8 Å². The first-order valence-corrected chi connectivity index (χ1v) is 21.8. The van der Waals surface area contributed by atoms with E-state index in [0.29, 0.717) is 12.8 Å². The Morgan fingerprint density at radius 1 is 0.645 bits per heavy atom. The van der Waals surface area contributed by atoms with E-state index in [-0.39, 0.29) is 61.7 Å². The van der Waals surface area contributed by atoms with Gasteiger partial charge in [-0.25, -0.2) is 18.4 Å². The van der Waals surface area contributed by atoms with Crippen LogP contribution in [0.5, 0.6) is 0 Å². The summed E-state index contributed by atoms with van der Waals surface area (Å²) < 4.78 is 39.5. The summed E-state index contributed by atoms with van der Waals surface area (Å²) in [7, 11) is 4.68. The molecule has 3 fully saturated rings. The molecule has 2 aromatic rings. The summed E-state index contributed by atoms with van der Waals surface area (Å²) in [5.41, 5.74) is 10.5. The maximum atomic E-state index is 15.1. The molecule has 0 saturated carbocycles. The largest absolute Gasteiger partial charge is 0.453 e. The maximum Gasteiger partial charge on any atom is 0.407 e. The number of alkyl carbamates (subject to hydrolysis) is 2. The lowest BCUT2D eigenvalue weighted by molar-refractivity contribution is -0.135. The number of fused-ring (bicyclic) bond motifs is 5. The molecule has 8 atom stereocenters. The minimum absolute atomic E-state index is 0.0526. The number of benzene rings is 2. The Kier molecular flexibility index (Phi) is 12.1. The van der Waals surface area contributed by atoms with Gasteiger partial charge in [0, 0.05) is 61.6 Å². The zero-order valence-corrected chi connectivity index (χ0v) is 36.5. The fraction of sp³-hybridized carbons (Fsp3) is 0.532. The molecule has 15 heteroatoms. The zero-order valence-electron chi connectivity index (χ0n) is 36.5. The van der Waals surface area contributed by atoms with Crippen LogP contribution in [-0.2, 0) is 19.1 Å². The van der Waals surface area contributed by atoms with Crippen molar-refractivity contribution in [3.8, 4) is 11.1 Å². The number of nitrogens with zero attached hydrogens (tertiary/aromatic N) is 5. The van der Waals surface area contributed by atoms with Crippen molar-refractivity contribution in [1.29, 1.82) is 0 Å². The Hall–Kier alpha value is -5.44. The number of amides is 4. The van der Waals surface area contributed by atoms with E-state index in [0.717, 1.165) is 52.1 Å². The summed E-state index contributed by atoms with van der Waals surface area (Å²) in [5, 5.41) is 5.26. The lowest BCUT2D eigenvalue weighted by Gasteiger charge is -2.30. The second-order valence-corrected chi connectivity index (χ2v) is 18.1. The molecular weight excluding hydrogens is 797 g/mol. The molecule has 6 aliphatic heterocycles.